The second kappa shape index (κ2) is 7.15. The second-order valence-corrected chi connectivity index (χ2v) is 7.78. The van der Waals surface area contributed by atoms with Gasteiger partial charge in [0, 0.05) is 10.4 Å². The molecule has 1 aliphatic carbocycles. The summed E-state index contributed by atoms with van der Waals surface area (Å²) < 4.78 is 7.59. The molecule has 0 amide bonds. The number of nitrogens with zero attached hydrogens (tertiary/aromatic N) is 3. The fraction of sp³-hybridized carbons (Fsp3) is 0.300. The molecule has 7 heteroatoms. The van der Waals surface area contributed by atoms with Gasteiger partial charge in [0.25, 0.3) is 0 Å². The molecule has 0 bridgehead atoms. The van der Waals surface area contributed by atoms with Crippen molar-refractivity contribution in [2.75, 3.05) is 6.61 Å². The van der Waals surface area contributed by atoms with Gasteiger partial charge in [-0.2, -0.15) is 5.10 Å². The van der Waals surface area contributed by atoms with E-state index in [4.69, 9.17) is 27.9 Å². The van der Waals surface area contributed by atoms with Crippen LogP contribution in [0.25, 0.3) is 0 Å². The average molecular weight is 404 g/mol. The topological polar surface area (TPSA) is 60.2 Å². The van der Waals surface area contributed by atoms with Crippen molar-refractivity contribution in [3.8, 4) is 5.75 Å². The van der Waals surface area contributed by atoms with E-state index in [9.17, 15) is 5.11 Å². The molecule has 1 unspecified atom stereocenters. The first-order valence-corrected chi connectivity index (χ1v) is 9.46. The maximum atomic E-state index is 11.8. The summed E-state index contributed by atoms with van der Waals surface area (Å²) in [6.45, 7) is 0.343. The highest BCUT2D eigenvalue weighted by Crippen LogP contribution is 2.56. The monoisotopic (exact) mass is 403 g/mol. The maximum absolute atomic E-state index is 11.8. The highest BCUT2D eigenvalue weighted by Gasteiger charge is 2.60. The van der Waals surface area contributed by atoms with E-state index >= 15 is 0 Å². The van der Waals surface area contributed by atoms with Crippen LogP contribution >= 0.6 is 23.2 Å². The van der Waals surface area contributed by atoms with Crippen LogP contribution in [0.15, 0.2) is 61.2 Å². The van der Waals surface area contributed by atoms with Gasteiger partial charge in [-0.1, -0.05) is 53.5 Å². The molecule has 5 nitrogen and oxygen atoms in total. The molecule has 1 aliphatic rings. The number of halogens is 2. The van der Waals surface area contributed by atoms with Gasteiger partial charge in [0.1, 0.15) is 30.6 Å². The fourth-order valence-corrected chi connectivity index (χ4v) is 4.07. The molecular formula is C20H19Cl2N3O2. The smallest absolute Gasteiger partial charge is 0.138 e. The summed E-state index contributed by atoms with van der Waals surface area (Å²) in [6.07, 6.45) is 4.81. The first-order valence-electron chi connectivity index (χ1n) is 8.71. The van der Waals surface area contributed by atoms with E-state index < -0.39 is 5.60 Å². The van der Waals surface area contributed by atoms with Crippen molar-refractivity contribution in [2.45, 2.75) is 30.4 Å². The van der Waals surface area contributed by atoms with E-state index in [1.54, 1.807) is 29.2 Å². The van der Waals surface area contributed by atoms with Gasteiger partial charge in [0.05, 0.1) is 11.6 Å². The van der Waals surface area contributed by atoms with Gasteiger partial charge in [0.15, 0.2) is 0 Å². The van der Waals surface area contributed by atoms with Gasteiger partial charge >= 0.3 is 0 Å². The molecule has 3 aromatic rings. The SMILES string of the molecule is OC(COc1ccc(Cl)cc1Cl)(Cn1cncn1)C1(c2ccccc2)CC1. The largest absolute Gasteiger partial charge is 0.489 e. The minimum Gasteiger partial charge on any atom is -0.489 e. The Kier molecular flexibility index (Phi) is 4.84. The van der Waals surface area contributed by atoms with Gasteiger partial charge in [-0.25, -0.2) is 9.67 Å². The zero-order chi connectivity index (χ0) is 18.9. The summed E-state index contributed by atoms with van der Waals surface area (Å²) >= 11 is 12.2. The Morgan fingerprint density at radius 3 is 2.56 bits per heavy atom. The van der Waals surface area contributed by atoms with Gasteiger partial charge < -0.3 is 9.84 Å². The lowest BCUT2D eigenvalue weighted by atomic mass is 9.79. The summed E-state index contributed by atoms with van der Waals surface area (Å²) in [7, 11) is 0. The molecule has 1 heterocycles. The van der Waals surface area contributed by atoms with Crippen molar-refractivity contribution >= 4 is 23.2 Å². The van der Waals surface area contributed by atoms with Crippen LogP contribution in [0.5, 0.6) is 5.75 Å². The van der Waals surface area contributed by atoms with Crippen LogP contribution in [0.2, 0.25) is 10.0 Å². The molecular weight excluding hydrogens is 385 g/mol. The highest BCUT2D eigenvalue weighted by molar-refractivity contribution is 6.35. The lowest BCUT2D eigenvalue weighted by Crippen LogP contribution is -2.51. The zero-order valence-corrected chi connectivity index (χ0v) is 16.1. The summed E-state index contributed by atoms with van der Waals surface area (Å²) in [5, 5.41) is 16.9. The number of hydrogen-bond acceptors (Lipinski definition) is 4. The third kappa shape index (κ3) is 3.55. The minimum absolute atomic E-state index is 0.0725. The third-order valence-electron chi connectivity index (χ3n) is 5.22. The number of rotatable bonds is 7. The van der Waals surface area contributed by atoms with Crippen LogP contribution in [0.3, 0.4) is 0 Å². The molecule has 1 atom stereocenters. The molecule has 0 spiro atoms. The van der Waals surface area contributed by atoms with Crippen molar-refractivity contribution in [3.63, 3.8) is 0 Å². The molecule has 1 N–H and O–H groups in total. The number of aromatic nitrogens is 3. The highest BCUT2D eigenvalue weighted by atomic mass is 35.5. The Labute approximate surface area is 167 Å². The van der Waals surface area contributed by atoms with Gasteiger partial charge in [0.2, 0.25) is 0 Å². The molecule has 1 aromatic heterocycles. The van der Waals surface area contributed by atoms with Crippen molar-refractivity contribution in [1.29, 1.82) is 0 Å². The molecule has 140 valence electrons. The Hall–Kier alpha value is -2.08. The van der Waals surface area contributed by atoms with Crippen LogP contribution in [0.1, 0.15) is 18.4 Å². The van der Waals surface area contributed by atoms with Gasteiger partial charge in [-0.3, -0.25) is 0 Å². The Balaban J connectivity index is 1.64. The first kappa shape index (κ1) is 18.3. The van der Waals surface area contributed by atoms with E-state index in [1.807, 2.05) is 18.2 Å². The number of hydrogen-bond donors (Lipinski definition) is 1. The fourth-order valence-electron chi connectivity index (χ4n) is 3.61. The molecule has 27 heavy (non-hydrogen) atoms. The predicted octanol–water partition coefficient (Wildman–Crippen LogP) is 4.13. The predicted molar refractivity (Wildman–Crippen MR) is 104 cm³/mol. The molecule has 0 saturated heterocycles. The number of ether oxygens (including phenoxy) is 1. The Morgan fingerprint density at radius 1 is 1.15 bits per heavy atom. The first-order chi connectivity index (χ1) is 13.0. The minimum atomic E-state index is -1.18. The second-order valence-electron chi connectivity index (χ2n) is 6.94. The number of benzene rings is 2. The summed E-state index contributed by atoms with van der Waals surface area (Å²) in [5.41, 5.74) is -0.470. The average Bonchev–Trinajstić information content (AvgIpc) is 3.34. The van der Waals surface area contributed by atoms with E-state index in [0.29, 0.717) is 15.8 Å². The summed E-state index contributed by atoms with van der Waals surface area (Å²) in [6, 6.07) is 15.1. The summed E-state index contributed by atoms with van der Waals surface area (Å²) in [5.74, 6) is 0.488. The van der Waals surface area contributed by atoms with Crippen molar-refractivity contribution in [3.05, 3.63) is 76.8 Å². The van der Waals surface area contributed by atoms with Crippen LogP contribution < -0.4 is 4.74 Å². The normalized spacial score (nSPS) is 17.3. The van der Waals surface area contributed by atoms with E-state index in [0.717, 1.165) is 18.4 Å². The molecule has 2 aromatic carbocycles. The molecule has 1 saturated carbocycles. The van der Waals surface area contributed by atoms with E-state index in [-0.39, 0.29) is 18.6 Å². The quantitative estimate of drug-likeness (QED) is 0.644. The molecule has 0 radical (unpaired) electrons. The van der Waals surface area contributed by atoms with Gasteiger partial charge in [-0.05, 0) is 36.6 Å². The van der Waals surface area contributed by atoms with Crippen molar-refractivity contribution < 1.29 is 9.84 Å². The van der Waals surface area contributed by atoms with Gasteiger partial charge in [-0.15, -0.1) is 0 Å². The zero-order valence-electron chi connectivity index (χ0n) is 14.6. The molecule has 4 rings (SSSR count). The van der Waals surface area contributed by atoms with Crippen LogP contribution in [0.4, 0.5) is 0 Å². The lowest BCUT2D eigenvalue weighted by molar-refractivity contribution is -0.0543. The lowest BCUT2D eigenvalue weighted by Gasteiger charge is -2.37. The third-order valence-corrected chi connectivity index (χ3v) is 5.75. The van der Waals surface area contributed by atoms with Crippen LogP contribution in [-0.2, 0) is 12.0 Å². The Morgan fingerprint density at radius 2 is 1.93 bits per heavy atom. The molecule has 0 aliphatic heterocycles. The van der Waals surface area contributed by atoms with Crippen LogP contribution in [-0.4, -0.2) is 32.1 Å². The van der Waals surface area contributed by atoms with E-state index in [2.05, 4.69) is 22.2 Å². The van der Waals surface area contributed by atoms with Crippen molar-refractivity contribution in [2.24, 2.45) is 0 Å². The molecule has 1 fully saturated rings. The standard InChI is InChI=1S/C20H19Cl2N3O2/c21-16-6-7-18(17(22)10-16)27-12-20(26,11-25-14-23-13-24-25)19(8-9-19)15-4-2-1-3-5-15/h1-7,10,13-14,26H,8-9,11-12H2. The van der Waals surface area contributed by atoms with Crippen LogP contribution in [0, 0.1) is 0 Å². The number of aliphatic hydroxyl groups is 1. The van der Waals surface area contributed by atoms with E-state index in [1.165, 1.54) is 6.33 Å². The Bertz CT molecular complexity index is 914. The maximum Gasteiger partial charge on any atom is 0.138 e. The van der Waals surface area contributed by atoms with Crippen molar-refractivity contribution in [1.82, 2.24) is 14.8 Å². The summed E-state index contributed by atoms with van der Waals surface area (Å²) in [4.78, 5) is 3.99.